The molecule has 0 aromatic carbocycles. The van der Waals surface area contributed by atoms with Crippen LogP contribution < -0.4 is 0 Å². The van der Waals surface area contributed by atoms with E-state index in [2.05, 4.69) is 6.58 Å². The quantitative estimate of drug-likeness (QED) is 0.514. The number of hydrogen-bond acceptors (Lipinski definition) is 1. The summed E-state index contributed by atoms with van der Waals surface area (Å²) in [6.07, 6.45) is 4.37. The molecule has 1 heteroatoms. The van der Waals surface area contributed by atoms with Gasteiger partial charge in [0, 0.05) is 11.8 Å². The van der Waals surface area contributed by atoms with Gasteiger partial charge >= 0.3 is 0 Å². The van der Waals surface area contributed by atoms with E-state index in [0.29, 0.717) is 0 Å². The molecule has 3 fully saturated rings. The molecule has 1 aliphatic heterocycles. The highest BCUT2D eigenvalue weighted by molar-refractivity contribution is 5.11. The van der Waals surface area contributed by atoms with Crippen LogP contribution in [0.15, 0.2) is 12.3 Å². The summed E-state index contributed by atoms with van der Waals surface area (Å²) in [6.45, 7) is 4.97. The summed E-state index contributed by atoms with van der Waals surface area (Å²) in [5, 5.41) is 0. The van der Waals surface area contributed by atoms with Crippen LogP contribution in [0.5, 0.6) is 0 Å². The summed E-state index contributed by atoms with van der Waals surface area (Å²) < 4.78 is 5.51. The van der Waals surface area contributed by atoms with Crippen LogP contribution in [-0.2, 0) is 4.74 Å². The number of fused-ring (bicyclic) bond motifs is 5. The van der Waals surface area contributed by atoms with Crippen molar-refractivity contribution < 1.29 is 4.74 Å². The lowest BCUT2D eigenvalue weighted by atomic mass is 9.81. The van der Waals surface area contributed by atoms with E-state index in [1.807, 2.05) is 0 Å². The molecule has 4 atom stereocenters. The van der Waals surface area contributed by atoms with E-state index in [-0.39, 0.29) is 0 Å². The second-order valence-electron chi connectivity index (χ2n) is 4.30. The summed E-state index contributed by atoms with van der Waals surface area (Å²) in [7, 11) is 0. The lowest BCUT2D eigenvalue weighted by Crippen LogP contribution is -2.18. The van der Waals surface area contributed by atoms with Gasteiger partial charge in [-0.2, -0.15) is 0 Å². The van der Waals surface area contributed by atoms with E-state index < -0.39 is 0 Å². The van der Waals surface area contributed by atoms with Crippen LogP contribution in [0.4, 0.5) is 0 Å². The normalized spacial score (nSPS) is 52.9. The monoisotopic (exact) mass is 150 g/mol. The molecular weight excluding hydrogens is 136 g/mol. The average molecular weight is 150 g/mol. The molecular formula is C10H14O. The van der Waals surface area contributed by atoms with Gasteiger partial charge in [-0.15, -0.1) is 0 Å². The van der Waals surface area contributed by atoms with Gasteiger partial charge in [-0.1, -0.05) is 6.58 Å². The van der Waals surface area contributed by atoms with Crippen molar-refractivity contribution in [3.63, 3.8) is 0 Å². The first kappa shape index (κ1) is 6.10. The Kier molecular flexibility index (Phi) is 1.01. The number of hydrogen-bond donors (Lipinski definition) is 0. The van der Waals surface area contributed by atoms with Gasteiger partial charge in [0.25, 0.3) is 0 Å². The van der Waals surface area contributed by atoms with Gasteiger partial charge in [0.2, 0.25) is 0 Å². The Morgan fingerprint density at radius 3 is 2.91 bits per heavy atom. The van der Waals surface area contributed by atoms with Crippen molar-refractivity contribution in [3.05, 3.63) is 12.3 Å². The van der Waals surface area contributed by atoms with E-state index in [9.17, 15) is 0 Å². The molecule has 1 nitrogen and oxygen atoms in total. The Balaban J connectivity index is 1.97. The minimum atomic E-state index is 0.758. The van der Waals surface area contributed by atoms with Crippen LogP contribution in [0.25, 0.3) is 0 Å². The average Bonchev–Trinajstić information content (AvgIpc) is 2.60. The third kappa shape index (κ3) is 0.622. The van der Waals surface area contributed by atoms with Crippen molar-refractivity contribution >= 4 is 0 Å². The number of ether oxygens (including phenoxy) is 1. The molecule has 0 radical (unpaired) electrons. The van der Waals surface area contributed by atoms with Crippen LogP contribution in [-0.4, -0.2) is 6.61 Å². The Morgan fingerprint density at radius 1 is 1.27 bits per heavy atom. The van der Waals surface area contributed by atoms with Crippen molar-refractivity contribution in [3.8, 4) is 0 Å². The smallest absolute Gasteiger partial charge is 0.0926 e. The van der Waals surface area contributed by atoms with Crippen LogP contribution in [0, 0.1) is 23.7 Å². The van der Waals surface area contributed by atoms with Gasteiger partial charge in [-0.05, 0) is 31.1 Å². The molecule has 11 heavy (non-hydrogen) atoms. The number of allylic oxidation sites excluding steroid dienone is 1. The van der Waals surface area contributed by atoms with E-state index in [0.717, 1.165) is 36.0 Å². The Labute approximate surface area is 67.4 Å². The SMILES string of the molecule is C=C1OCC2C3CCC(C3)C12. The van der Waals surface area contributed by atoms with E-state index in [4.69, 9.17) is 4.74 Å². The largest absolute Gasteiger partial charge is 0.498 e. The summed E-state index contributed by atoms with van der Waals surface area (Å²) in [6, 6.07) is 0. The van der Waals surface area contributed by atoms with Gasteiger partial charge in [0.1, 0.15) is 0 Å². The minimum Gasteiger partial charge on any atom is -0.498 e. The molecule has 2 saturated carbocycles. The van der Waals surface area contributed by atoms with Crippen LogP contribution in [0.2, 0.25) is 0 Å². The molecule has 0 N–H and O–H groups in total. The fourth-order valence-electron chi connectivity index (χ4n) is 3.45. The van der Waals surface area contributed by atoms with Crippen LogP contribution >= 0.6 is 0 Å². The second kappa shape index (κ2) is 1.82. The van der Waals surface area contributed by atoms with E-state index in [1.54, 1.807) is 0 Å². The van der Waals surface area contributed by atoms with Crippen molar-refractivity contribution in [2.24, 2.45) is 23.7 Å². The van der Waals surface area contributed by atoms with Crippen LogP contribution in [0.1, 0.15) is 19.3 Å². The van der Waals surface area contributed by atoms with Crippen molar-refractivity contribution in [1.29, 1.82) is 0 Å². The zero-order valence-electron chi connectivity index (χ0n) is 6.75. The Hall–Kier alpha value is -0.460. The summed E-state index contributed by atoms with van der Waals surface area (Å²) in [5.41, 5.74) is 0. The molecule has 1 saturated heterocycles. The molecule has 3 rings (SSSR count). The third-order valence-electron chi connectivity index (χ3n) is 3.92. The molecule has 2 aliphatic carbocycles. The highest BCUT2D eigenvalue weighted by atomic mass is 16.5. The summed E-state index contributed by atoms with van der Waals surface area (Å²) in [5.74, 6) is 4.65. The summed E-state index contributed by atoms with van der Waals surface area (Å²) in [4.78, 5) is 0. The van der Waals surface area contributed by atoms with Crippen molar-refractivity contribution in [2.75, 3.05) is 6.61 Å². The minimum absolute atomic E-state index is 0.758. The van der Waals surface area contributed by atoms with Crippen molar-refractivity contribution in [2.45, 2.75) is 19.3 Å². The maximum atomic E-state index is 5.51. The predicted octanol–water partition coefficient (Wildman–Crippen LogP) is 2.19. The zero-order chi connectivity index (χ0) is 7.42. The summed E-state index contributed by atoms with van der Waals surface area (Å²) >= 11 is 0. The lowest BCUT2D eigenvalue weighted by Gasteiger charge is -2.21. The molecule has 2 bridgehead atoms. The topological polar surface area (TPSA) is 9.23 Å². The zero-order valence-corrected chi connectivity index (χ0v) is 6.75. The van der Waals surface area contributed by atoms with Gasteiger partial charge in [0.15, 0.2) is 0 Å². The van der Waals surface area contributed by atoms with Gasteiger partial charge in [0.05, 0.1) is 12.4 Å². The maximum Gasteiger partial charge on any atom is 0.0926 e. The van der Waals surface area contributed by atoms with Gasteiger partial charge in [-0.3, -0.25) is 0 Å². The Bertz CT molecular complexity index is 209. The lowest BCUT2D eigenvalue weighted by molar-refractivity contribution is 0.216. The maximum absolute atomic E-state index is 5.51. The van der Waals surface area contributed by atoms with E-state index in [1.165, 1.54) is 19.3 Å². The highest BCUT2D eigenvalue weighted by Gasteiger charge is 2.52. The fourth-order valence-corrected chi connectivity index (χ4v) is 3.45. The highest BCUT2D eigenvalue weighted by Crippen LogP contribution is 2.57. The van der Waals surface area contributed by atoms with Crippen molar-refractivity contribution in [1.82, 2.24) is 0 Å². The van der Waals surface area contributed by atoms with Crippen LogP contribution in [0.3, 0.4) is 0 Å². The predicted molar refractivity (Wildman–Crippen MR) is 42.9 cm³/mol. The third-order valence-corrected chi connectivity index (χ3v) is 3.92. The first-order valence-electron chi connectivity index (χ1n) is 4.68. The molecule has 4 unspecified atom stereocenters. The molecule has 60 valence electrons. The first-order valence-corrected chi connectivity index (χ1v) is 4.68. The Morgan fingerprint density at radius 2 is 2.09 bits per heavy atom. The molecule has 0 spiro atoms. The standard InChI is InChI=1S/C10H14O/c1-6-10-8-3-2-7(4-8)9(10)5-11-6/h7-10H,1-5H2. The number of rotatable bonds is 0. The second-order valence-corrected chi connectivity index (χ2v) is 4.30. The molecule has 0 amide bonds. The molecule has 0 aromatic heterocycles. The molecule has 1 heterocycles. The van der Waals surface area contributed by atoms with Gasteiger partial charge in [-0.25, -0.2) is 0 Å². The molecule has 0 aromatic rings. The first-order chi connectivity index (χ1) is 5.36. The fraction of sp³-hybridized carbons (Fsp3) is 0.800. The molecule has 3 aliphatic rings. The van der Waals surface area contributed by atoms with E-state index >= 15 is 0 Å². The van der Waals surface area contributed by atoms with Gasteiger partial charge < -0.3 is 4.74 Å².